The topological polar surface area (TPSA) is 23.8 Å². The molecule has 0 aliphatic heterocycles. The Bertz CT molecular complexity index is 587. The van der Waals surface area contributed by atoms with Crippen molar-refractivity contribution in [3.8, 4) is 6.07 Å². The molecule has 0 unspecified atom stereocenters. The second kappa shape index (κ2) is 8.84. The molecule has 0 saturated heterocycles. The normalized spacial score (nSPS) is 30.0. The van der Waals surface area contributed by atoms with Crippen LogP contribution in [0.3, 0.4) is 0 Å². The Morgan fingerprint density at radius 2 is 1.48 bits per heavy atom. The van der Waals surface area contributed by atoms with E-state index < -0.39 is 0 Å². The monoisotopic (exact) mass is 341 g/mol. The molecule has 1 aromatic rings. The Labute approximate surface area is 152 Å². The quantitative estimate of drug-likeness (QED) is 0.567. The fraction of sp³-hybridized carbons (Fsp3) is 0.696. The van der Waals surface area contributed by atoms with E-state index in [1.807, 2.05) is 12.1 Å². The van der Waals surface area contributed by atoms with Crippen molar-refractivity contribution in [3.63, 3.8) is 0 Å². The van der Waals surface area contributed by atoms with Crippen molar-refractivity contribution >= 4 is 0 Å². The second-order valence-electron chi connectivity index (χ2n) is 8.44. The summed E-state index contributed by atoms with van der Waals surface area (Å²) in [7, 11) is 0. The number of hydrogen-bond acceptors (Lipinski definition) is 1. The average Bonchev–Trinajstić information content (AvgIpc) is 2.67. The Kier molecular flexibility index (Phi) is 6.51. The van der Waals surface area contributed by atoms with Gasteiger partial charge in [0.15, 0.2) is 0 Å². The molecule has 0 spiro atoms. The fourth-order valence-electron chi connectivity index (χ4n) is 5.06. The second-order valence-corrected chi connectivity index (χ2v) is 8.44. The zero-order valence-corrected chi connectivity index (χ0v) is 15.6. The summed E-state index contributed by atoms with van der Waals surface area (Å²) in [6.07, 6.45) is 15.0. The van der Waals surface area contributed by atoms with E-state index in [0.29, 0.717) is 5.92 Å². The highest BCUT2D eigenvalue weighted by atomic mass is 19.1. The van der Waals surface area contributed by atoms with Crippen LogP contribution in [0.1, 0.15) is 94.6 Å². The van der Waals surface area contributed by atoms with Gasteiger partial charge in [-0.15, -0.1) is 0 Å². The van der Waals surface area contributed by atoms with Gasteiger partial charge in [0.25, 0.3) is 0 Å². The van der Waals surface area contributed by atoms with Crippen molar-refractivity contribution in [2.75, 3.05) is 0 Å². The standard InChI is InChI=1S/C23H32FN/c1-2-17-3-5-18(6-4-17)7-8-19-9-11-20(12-10-19)21-13-14-22(16-25)23(24)15-21/h13-15,17-20H,2-12H2,1H3/t17-,18-,19?,20?. The molecule has 2 aliphatic rings. The molecule has 0 bridgehead atoms. The van der Waals surface area contributed by atoms with E-state index in [9.17, 15) is 4.39 Å². The van der Waals surface area contributed by atoms with Crippen LogP contribution in [0.2, 0.25) is 0 Å². The Hall–Kier alpha value is -1.36. The number of nitriles is 1. The van der Waals surface area contributed by atoms with Crippen LogP contribution in [0.25, 0.3) is 0 Å². The molecule has 0 heterocycles. The first-order chi connectivity index (χ1) is 12.2. The molecule has 1 aromatic carbocycles. The van der Waals surface area contributed by atoms with Crippen molar-refractivity contribution in [3.05, 3.63) is 35.1 Å². The third kappa shape index (κ3) is 4.84. The van der Waals surface area contributed by atoms with Crippen molar-refractivity contribution in [1.29, 1.82) is 5.26 Å². The number of nitrogens with zero attached hydrogens (tertiary/aromatic N) is 1. The average molecular weight is 342 g/mol. The first-order valence-electron chi connectivity index (χ1n) is 10.4. The fourth-order valence-corrected chi connectivity index (χ4v) is 5.06. The minimum Gasteiger partial charge on any atom is -0.206 e. The third-order valence-corrected chi connectivity index (χ3v) is 6.96. The first-order valence-corrected chi connectivity index (χ1v) is 10.4. The Morgan fingerprint density at radius 3 is 2.00 bits per heavy atom. The van der Waals surface area contributed by atoms with E-state index in [1.54, 1.807) is 12.1 Å². The predicted molar refractivity (Wildman–Crippen MR) is 101 cm³/mol. The highest BCUT2D eigenvalue weighted by Gasteiger charge is 2.25. The molecule has 136 valence electrons. The van der Waals surface area contributed by atoms with Gasteiger partial charge in [-0.2, -0.15) is 5.26 Å². The summed E-state index contributed by atoms with van der Waals surface area (Å²) in [6.45, 7) is 2.34. The highest BCUT2D eigenvalue weighted by Crippen LogP contribution is 2.40. The molecular weight excluding hydrogens is 309 g/mol. The molecule has 1 nitrogen and oxygen atoms in total. The summed E-state index contributed by atoms with van der Waals surface area (Å²) in [5, 5.41) is 8.86. The lowest BCUT2D eigenvalue weighted by Crippen LogP contribution is -2.17. The molecule has 3 rings (SSSR count). The Balaban J connectivity index is 1.42. The van der Waals surface area contributed by atoms with E-state index in [0.717, 1.165) is 23.3 Å². The van der Waals surface area contributed by atoms with Gasteiger partial charge < -0.3 is 0 Å². The number of benzene rings is 1. The lowest BCUT2D eigenvalue weighted by atomic mass is 9.74. The minimum absolute atomic E-state index is 0.162. The van der Waals surface area contributed by atoms with Crippen LogP contribution < -0.4 is 0 Å². The van der Waals surface area contributed by atoms with Crippen LogP contribution in [0.5, 0.6) is 0 Å². The molecule has 2 saturated carbocycles. The zero-order chi connectivity index (χ0) is 17.6. The minimum atomic E-state index is -0.357. The zero-order valence-electron chi connectivity index (χ0n) is 15.6. The predicted octanol–water partition coefficient (Wildman–Crippen LogP) is 6.97. The van der Waals surface area contributed by atoms with Gasteiger partial charge in [0.05, 0.1) is 5.56 Å². The van der Waals surface area contributed by atoms with Crippen molar-refractivity contribution in [1.82, 2.24) is 0 Å². The van der Waals surface area contributed by atoms with Crippen LogP contribution >= 0.6 is 0 Å². The van der Waals surface area contributed by atoms with Gasteiger partial charge in [-0.25, -0.2) is 4.39 Å². The molecule has 0 amide bonds. The number of halogens is 1. The molecule has 0 atom stereocenters. The molecule has 2 fully saturated rings. The van der Waals surface area contributed by atoms with Crippen LogP contribution in [0.15, 0.2) is 18.2 Å². The van der Waals surface area contributed by atoms with E-state index in [1.165, 1.54) is 70.6 Å². The molecular formula is C23H32FN. The largest absolute Gasteiger partial charge is 0.206 e. The van der Waals surface area contributed by atoms with E-state index >= 15 is 0 Å². The van der Waals surface area contributed by atoms with Gasteiger partial charge in [-0.3, -0.25) is 0 Å². The summed E-state index contributed by atoms with van der Waals surface area (Å²) in [6, 6.07) is 7.10. The van der Waals surface area contributed by atoms with Crippen molar-refractivity contribution < 1.29 is 4.39 Å². The molecule has 0 aromatic heterocycles. The van der Waals surface area contributed by atoms with Crippen LogP contribution in [0.4, 0.5) is 4.39 Å². The van der Waals surface area contributed by atoms with Gasteiger partial charge in [0.1, 0.15) is 11.9 Å². The summed E-state index contributed by atoms with van der Waals surface area (Å²) < 4.78 is 13.8. The van der Waals surface area contributed by atoms with Crippen LogP contribution in [-0.4, -0.2) is 0 Å². The van der Waals surface area contributed by atoms with Crippen LogP contribution in [-0.2, 0) is 0 Å². The lowest BCUT2D eigenvalue weighted by molar-refractivity contribution is 0.227. The summed E-state index contributed by atoms with van der Waals surface area (Å²) in [5.74, 6) is 2.99. The van der Waals surface area contributed by atoms with Gasteiger partial charge in [-0.1, -0.05) is 57.9 Å². The first kappa shape index (κ1) is 18.4. The van der Waals surface area contributed by atoms with E-state index in [2.05, 4.69) is 6.92 Å². The SMILES string of the molecule is CC[C@H]1CC[C@H](CCC2CCC(c3ccc(C#N)c(F)c3)CC2)CC1. The third-order valence-electron chi connectivity index (χ3n) is 6.96. The molecule has 25 heavy (non-hydrogen) atoms. The highest BCUT2D eigenvalue weighted by molar-refractivity contribution is 5.34. The summed E-state index contributed by atoms with van der Waals surface area (Å²) in [4.78, 5) is 0. The summed E-state index contributed by atoms with van der Waals surface area (Å²) in [5.41, 5.74) is 1.25. The lowest BCUT2D eigenvalue weighted by Gasteiger charge is -2.32. The van der Waals surface area contributed by atoms with Crippen LogP contribution in [0, 0.1) is 34.9 Å². The van der Waals surface area contributed by atoms with Crippen molar-refractivity contribution in [2.45, 2.75) is 83.5 Å². The maximum absolute atomic E-state index is 13.8. The molecule has 0 radical (unpaired) electrons. The van der Waals surface area contributed by atoms with Gasteiger partial charge in [-0.05, 0) is 67.1 Å². The van der Waals surface area contributed by atoms with E-state index in [4.69, 9.17) is 5.26 Å². The molecule has 2 aliphatic carbocycles. The smallest absolute Gasteiger partial charge is 0.141 e. The maximum Gasteiger partial charge on any atom is 0.141 e. The van der Waals surface area contributed by atoms with Gasteiger partial charge >= 0.3 is 0 Å². The van der Waals surface area contributed by atoms with E-state index in [-0.39, 0.29) is 11.4 Å². The number of rotatable bonds is 5. The molecule has 0 N–H and O–H groups in total. The van der Waals surface area contributed by atoms with Crippen molar-refractivity contribution in [2.24, 2.45) is 17.8 Å². The number of hydrogen-bond donors (Lipinski definition) is 0. The summed E-state index contributed by atoms with van der Waals surface area (Å²) >= 11 is 0. The van der Waals surface area contributed by atoms with Gasteiger partial charge in [0, 0.05) is 0 Å². The van der Waals surface area contributed by atoms with Gasteiger partial charge in [0.2, 0.25) is 0 Å². The maximum atomic E-state index is 13.8. The molecule has 2 heteroatoms. The Morgan fingerprint density at radius 1 is 0.920 bits per heavy atom.